The second kappa shape index (κ2) is 8.36. The van der Waals surface area contributed by atoms with Crippen LogP contribution in [0, 0.1) is 0 Å². The van der Waals surface area contributed by atoms with Crippen molar-refractivity contribution < 1.29 is 5.11 Å². The van der Waals surface area contributed by atoms with Gasteiger partial charge in [-0.2, -0.15) is 11.8 Å². The lowest BCUT2D eigenvalue weighted by molar-refractivity contribution is 0.311. The number of aromatic amines is 1. The van der Waals surface area contributed by atoms with Crippen molar-refractivity contribution in [1.29, 1.82) is 0 Å². The molecule has 6 heteroatoms. The molecular weight excluding hydrogens is 332 g/mol. The molecule has 3 aromatic rings. The summed E-state index contributed by atoms with van der Waals surface area (Å²) in [6, 6.07) is 10.2. The molecule has 1 unspecified atom stereocenters. The normalized spacial score (nSPS) is 12.4. The predicted octanol–water partition coefficient (Wildman–Crippen LogP) is 4.06. The van der Waals surface area contributed by atoms with Crippen LogP contribution in [-0.4, -0.2) is 38.5 Å². The molecule has 0 radical (unpaired) electrons. The van der Waals surface area contributed by atoms with Crippen LogP contribution in [0.2, 0.25) is 0 Å². The lowest BCUT2D eigenvalue weighted by Crippen LogP contribution is -2.09. The van der Waals surface area contributed by atoms with Crippen LogP contribution < -0.4 is 5.32 Å². The zero-order chi connectivity index (χ0) is 17.6. The Morgan fingerprint density at radius 2 is 2.12 bits per heavy atom. The Hall–Kier alpha value is -2.05. The van der Waals surface area contributed by atoms with E-state index < -0.39 is 0 Å². The Labute approximate surface area is 152 Å². The minimum Gasteiger partial charge on any atom is -0.395 e. The third kappa shape index (κ3) is 4.52. The number of hydrogen-bond acceptors (Lipinski definition) is 5. The molecule has 25 heavy (non-hydrogen) atoms. The van der Waals surface area contributed by atoms with Gasteiger partial charge in [0.1, 0.15) is 5.82 Å². The number of H-pyrrole nitrogens is 1. The van der Waals surface area contributed by atoms with Crippen molar-refractivity contribution in [2.24, 2.45) is 0 Å². The molecule has 0 aliphatic heterocycles. The number of nitrogens with one attached hydrogen (secondary N) is 2. The van der Waals surface area contributed by atoms with Gasteiger partial charge >= 0.3 is 0 Å². The molecule has 0 saturated carbocycles. The smallest absolute Gasteiger partial charge is 0.161 e. The summed E-state index contributed by atoms with van der Waals surface area (Å²) in [5, 5.41) is 14.0. The Morgan fingerprint density at radius 3 is 2.92 bits per heavy atom. The van der Waals surface area contributed by atoms with E-state index in [2.05, 4.69) is 41.3 Å². The Kier molecular flexibility index (Phi) is 5.94. The molecule has 0 amide bonds. The van der Waals surface area contributed by atoms with Crippen molar-refractivity contribution in [1.82, 2.24) is 15.0 Å². The molecule has 0 saturated heterocycles. The van der Waals surface area contributed by atoms with Gasteiger partial charge in [-0.05, 0) is 30.7 Å². The number of nitrogens with zero attached hydrogens (tertiary/aromatic N) is 2. The van der Waals surface area contributed by atoms with Crippen molar-refractivity contribution in [3.8, 4) is 11.4 Å². The molecule has 2 heterocycles. The highest BCUT2D eigenvalue weighted by atomic mass is 32.2. The van der Waals surface area contributed by atoms with Gasteiger partial charge in [-0.3, -0.25) is 0 Å². The zero-order valence-corrected chi connectivity index (χ0v) is 15.4. The molecule has 1 atom stereocenters. The second-order valence-electron chi connectivity index (χ2n) is 6.03. The number of aliphatic hydroxyl groups excluding tert-OH is 1. The van der Waals surface area contributed by atoms with E-state index in [4.69, 9.17) is 10.1 Å². The standard InChI is InChI=1S/C19H24N4OS/c1-3-13(2)25-12-16-11-18(21-8-9-24)23-19(22-16)15-4-5-17-14(10-15)6-7-20-17/h4-7,10-11,13,20,24H,3,8-9,12H2,1-2H3,(H,21,22,23). The first-order chi connectivity index (χ1) is 12.2. The molecule has 0 aliphatic rings. The first-order valence-corrected chi connectivity index (χ1v) is 9.66. The zero-order valence-electron chi connectivity index (χ0n) is 14.6. The van der Waals surface area contributed by atoms with Crippen LogP contribution in [0.3, 0.4) is 0 Å². The summed E-state index contributed by atoms with van der Waals surface area (Å²) in [7, 11) is 0. The lowest BCUT2D eigenvalue weighted by Gasteiger charge is -2.11. The van der Waals surface area contributed by atoms with Gasteiger partial charge in [-0.1, -0.05) is 13.8 Å². The molecule has 1 aromatic carbocycles. The number of hydrogen-bond donors (Lipinski definition) is 3. The average molecular weight is 356 g/mol. The SMILES string of the molecule is CCC(C)SCc1cc(NCCO)nc(-c2ccc3[nH]ccc3c2)n1. The number of thioether (sulfide) groups is 1. The summed E-state index contributed by atoms with van der Waals surface area (Å²) in [6.07, 6.45) is 3.07. The Balaban J connectivity index is 1.92. The highest BCUT2D eigenvalue weighted by molar-refractivity contribution is 7.99. The van der Waals surface area contributed by atoms with E-state index in [0.717, 1.165) is 40.2 Å². The van der Waals surface area contributed by atoms with Crippen LogP contribution in [0.4, 0.5) is 5.82 Å². The first-order valence-electron chi connectivity index (χ1n) is 8.61. The summed E-state index contributed by atoms with van der Waals surface area (Å²) in [6.45, 7) is 4.98. The van der Waals surface area contributed by atoms with Crippen LogP contribution in [0.5, 0.6) is 0 Å². The topological polar surface area (TPSA) is 73.8 Å². The second-order valence-corrected chi connectivity index (χ2v) is 7.45. The number of aliphatic hydroxyl groups is 1. The van der Waals surface area contributed by atoms with Crippen molar-refractivity contribution in [2.75, 3.05) is 18.5 Å². The van der Waals surface area contributed by atoms with E-state index in [1.165, 1.54) is 0 Å². The van der Waals surface area contributed by atoms with Gasteiger partial charge < -0.3 is 15.4 Å². The summed E-state index contributed by atoms with van der Waals surface area (Å²) in [5.74, 6) is 2.32. The summed E-state index contributed by atoms with van der Waals surface area (Å²) >= 11 is 1.90. The van der Waals surface area contributed by atoms with Crippen LogP contribution in [0.25, 0.3) is 22.3 Å². The molecular formula is C19H24N4OS. The maximum atomic E-state index is 9.07. The molecule has 0 bridgehead atoms. The number of aromatic nitrogens is 3. The fourth-order valence-corrected chi connectivity index (χ4v) is 3.35. The van der Waals surface area contributed by atoms with E-state index in [9.17, 15) is 0 Å². The molecule has 0 aliphatic carbocycles. The monoisotopic (exact) mass is 356 g/mol. The highest BCUT2D eigenvalue weighted by Crippen LogP contribution is 2.25. The lowest BCUT2D eigenvalue weighted by atomic mass is 10.1. The van der Waals surface area contributed by atoms with Crippen LogP contribution >= 0.6 is 11.8 Å². The molecule has 0 spiro atoms. The van der Waals surface area contributed by atoms with Crippen LogP contribution in [0.15, 0.2) is 36.5 Å². The van der Waals surface area contributed by atoms with E-state index in [-0.39, 0.29) is 6.61 Å². The maximum absolute atomic E-state index is 9.07. The quantitative estimate of drug-likeness (QED) is 0.567. The van der Waals surface area contributed by atoms with E-state index in [0.29, 0.717) is 17.6 Å². The largest absolute Gasteiger partial charge is 0.395 e. The van der Waals surface area contributed by atoms with Gasteiger partial charge in [0.05, 0.1) is 12.3 Å². The van der Waals surface area contributed by atoms with Crippen LogP contribution in [-0.2, 0) is 5.75 Å². The molecule has 0 fully saturated rings. The number of benzene rings is 1. The summed E-state index contributed by atoms with van der Waals surface area (Å²) in [4.78, 5) is 12.6. The van der Waals surface area contributed by atoms with E-state index in [1.54, 1.807) is 0 Å². The molecule has 2 aromatic heterocycles. The van der Waals surface area contributed by atoms with Crippen molar-refractivity contribution in [3.63, 3.8) is 0 Å². The van der Waals surface area contributed by atoms with Gasteiger partial charge in [-0.25, -0.2) is 9.97 Å². The molecule has 3 N–H and O–H groups in total. The third-order valence-corrected chi connectivity index (χ3v) is 5.46. The van der Waals surface area contributed by atoms with Gasteiger partial charge in [0.25, 0.3) is 0 Å². The summed E-state index contributed by atoms with van der Waals surface area (Å²) < 4.78 is 0. The maximum Gasteiger partial charge on any atom is 0.161 e. The van der Waals surface area contributed by atoms with Crippen molar-refractivity contribution in [2.45, 2.75) is 31.3 Å². The highest BCUT2D eigenvalue weighted by Gasteiger charge is 2.10. The predicted molar refractivity (Wildman–Crippen MR) is 106 cm³/mol. The average Bonchev–Trinajstić information content (AvgIpc) is 3.12. The number of fused-ring (bicyclic) bond motifs is 1. The summed E-state index contributed by atoms with van der Waals surface area (Å²) in [5.41, 5.74) is 3.10. The molecule has 3 rings (SSSR count). The fraction of sp³-hybridized carbons (Fsp3) is 0.368. The minimum absolute atomic E-state index is 0.0750. The number of anilines is 1. The van der Waals surface area contributed by atoms with Gasteiger partial charge in [0.15, 0.2) is 5.82 Å². The molecule has 132 valence electrons. The van der Waals surface area contributed by atoms with Gasteiger partial charge in [-0.15, -0.1) is 0 Å². The van der Waals surface area contributed by atoms with Crippen LogP contribution in [0.1, 0.15) is 26.0 Å². The number of rotatable bonds is 8. The van der Waals surface area contributed by atoms with Crippen molar-refractivity contribution in [3.05, 3.63) is 42.2 Å². The Morgan fingerprint density at radius 1 is 1.24 bits per heavy atom. The van der Waals surface area contributed by atoms with Crippen molar-refractivity contribution >= 4 is 28.5 Å². The Bertz CT molecular complexity index is 833. The van der Waals surface area contributed by atoms with Gasteiger partial charge in [0.2, 0.25) is 0 Å². The molecule has 5 nitrogen and oxygen atoms in total. The fourth-order valence-electron chi connectivity index (χ4n) is 2.51. The first kappa shape index (κ1) is 17.8. The van der Waals surface area contributed by atoms with E-state index >= 15 is 0 Å². The third-order valence-electron chi connectivity index (χ3n) is 4.10. The minimum atomic E-state index is 0.0750. The van der Waals surface area contributed by atoms with E-state index in [1.807, 2.05) is 36.2 Å². The van der Waals surface area contributed by atoms with Gasteiger partial charge in [0, 0.05) is 46.3 Å².